The molecular weight excluding hydrogens is 468 g/mol. The molecule has 0 saturated carbocycles. The van der Waals surface area contributed by atoms with Crippen molar-refractivity contribution in [3.8, 4) is 17.2 Å². The summed E-state index contributed by atoms with van der Waals surface area (Å²) in [5.74, 6) is 1.84. The second kappa shape index (κ2) is 10.3. The summed E-state index contributed by atoms with van der Waals surface area (Å²) in [6, 6.07) is 16.8. The number of hydrogen-bond donors (Lipinski definition) is 1. The molecule has 9 heteroatoms. The molecule has 1 aliphatic heterocycles. The number of carbonyl (C=O) groups is 1. The van der Waals surface area contributed by atoms with Crippen molar-refractivity contribution in [3.63, 3.8) is 0 Å². The normalized spacial score (nSPS) is 15.6. The van der Waals surface area contributed by atoms with Crippen LogP contribution in [0.1, 0.15) is 32.7 Å². The number of rotatable bonds is 7. The zero-order valence-corrected chi connectivity index (χ0v) is 21.0. The number of nitrogens with zero attached hydrogens (tertiary/aromatic N) is 5. The van der Waals surface area contributed by atoms with Gasteiger partial charge in [-0.3, -0.25) is 13.9 Å². The number of likely N-dealkylation sites (tertiary alicyclic amines) is 1. The number of amides is 1. The molecule has 3 heterocycles. The predicted octanol–water partition coefficient (Wildman–Crippen LogP) is 4.54. The van der Waals surface area contributed by atoms with Gasteiger partial charge in [0.15, 0.2) is 11.5 Å². The van der Waals surface area contributed by atoms with Crippen molar-refractivity contribution in [2.75, 3.05) is 18.4 Å². The standard InChI is InChI=1S/C28H30N6O3/c1-4-24(35)32-16-8-9-21(17-32)34-27-25(26(29-18-30-27)31-19(2)3)33(28(34)36)20-12-14-23(15-13-20)37-22-10-6-5-7-11-22/h4-7,10-15,18-19,21H,1,8-9,16-17H2,2-3H3,(H,29,30,31)/t21-/m0/s1. The highest BCUT2D eigenvalue weighted by Crippen LogP contribution is 2.29. The Morgan fingerprint density at radius 3 is 2.54 bits per heavy atom. The van der Waals surface area contributed by atoms with E-state index >= 15 is 0 Å². The van der Waals surface area contributed by atoms with Gasteiger partial charge in [-0.25, -0.2) is 14.8 Å². The van der Waals surface area contributed by atoms with Gasteiger partial charge >= 0.3 is 5.69 Å². The lowest BCUT2D eigenvalue weighted by atomic mass is 10.1. The van der Waals surface area contributed by atoms with Crippen molar-refractivity contribution in [1.29, 1.82) is 0 Å². The van der Waals surface area contributed by atoms with E-state index in [1.807, 2.05) is 68.4 Å². The number of imidazole rings is 1. The van der Waals surface area contributed by atoms with E-state index in [0.717, 1.165) is 18.6 Å². The Hall–Kier alpha value is -4.40. The number of fused-ring (bicyclic) bond motifs is 1. The Morgan fingerprint density at radius 2 is 1.84 bits per heavy atom. The van der Waals surface area contributed by atoms with Crippen LogP contribution in [-0.2, 0) is 4.79 Å². The smallest absolute Gasteiger partial charge is 0.335 e. The fraction of sp³-hybridized carbons (Fsp3) is 0.286. The lowest BCUT2D eigenvalue weighted by Crippen LogP contribution is -2.42. The van der Waals surface area contributed by atoms with Crippen LogP contribution in [0.25, 0.3) is 16.9 Å². The van der Waals surface area contributed by atoms with Crippen LogP contribution in [0.3, 0.4) is 0 Å². The van der Waals surface area contributed by atoms with Crippen molar-refractivity contribution < 1.29 is 9.53 Å². The number of para-hydroxylation sites is 1. The van der Waals surface area contributed by atoms with Crippen LogP contribution < -0.4 is 15.7 Å². The van der Waals surface area contributed by atoms with Crippen molar-refractivity contribution in [3.05, 3.63) is 84.1 Å². The predicted molar refractivity (Wildman–Crippen MR) is 143 cm³/mol. The van der Waals surface area contributed by atoms with Crippen LogP contribution in [0.2, 0.25) is 0 Å². The van der Waals surface area contributed by atoms with E-state index in [1.165, 1.54) is 12.4 Å². The summed E-state index contributed by atoms with van der Waals surface area (Å²) in [7, 11) is 0. The molecule has 0 unspecified atom stereocenters. The van der Waals surface area contributed by atoms with Gasteiger partial charge in [0.25, 0.3) is 0 Å². The van der Waals surface area contributed by atoms with Gasteiger partial charge in [-0.15, -0.1) is 0 Å². The minimum atomic E-state index is -0.225. The Kier molecular flexibility index (Phi) is 6.76. The second-order valence-corrected chi connectivity index (χ2v) is 9.37. The molecule has 1 atom stereocenters. The van der Waals surface area contributed by atoms with Gasteiger partial charge in [-0.1, -0.05) is 24.8 Å². The fourth-order valence-corrected chi connectivity index (χ4v) is 4.78. The van der Waals surface area contributed by atoms with E-state index in [1.54, 1.807) is 14.0 Å². The molecule has 1 saturated heterocycles. The third-order valence-electron chi connectivity index (χ3n) is 6.40. The van der Waals surface area contributed by atoms with E-state index in [4.69, 9.17) is 4.74 Å². The summed E-state index contributed by atoms with van der Waals surface area (Å²) in [5.41, 5.74) is 1.58. The van der Waals surface area contributed by atoms with Gasteiger partial charge in [0, 0.05) is 19.1 Å². The third kappa shape index (κ3) is 4.84. The Balaban J connectivity index is 1.61. The highest BCUT2D eigenvalue weighted by molar-refractivity contribution is 5.87. The highest BCUT2D eigenvalue weighted by Gasteiger charge is 2.29. The minimum Gasteiger partial charge on any atom is -0.457 e. The first kappa shape index (κ1) is 24.3. The summed E-state index contributed by atoms with van der Waals surface area (Å²) in [6.07, 6.45) is 4.34. The van der Waals surface area contributed by atoms with Crippen LogP contribution in [0.5, 0.6) is 11.5 Å². The van der Waals surface area contributed by atoms with E-state index in [0.29, 0.717) is 41.5 Å². The van der Waals surface area contributed by atoms with Crippen molar-refractivity contribution in [2.45, 2.75) is 38.8 Å². The molecule has 0 radical (unpaired) electrons. The van der Waals surface area contributed by atoms with Gasteiger partial charge in [-0.05, 0) is 69.2 Å². The summed E-state index contributed by atoms with van der Waals surface area (Å²) in [5, 5.41) is 3.35. The maximum Gasteiger partial charge on any atom is 0.335 e. The monoisotopic (exact) mass is 498 g/mol. The number of nitrogens with one attached hydrogen (secondary N) is 1. The maximum atomic E-state index is 14.0. The Labute approximate surface area is 215 Å². The summed E-state index contributed by atoms with van der Waals surface area (Å²) < 4.78 is 9.28. The zero-order chi connectivity index (χ0) is 25.9. The summed E-state index contributed by atoms with van der Waals surface area (Å²) in [4.78, 5) is 37.1. The topological polar surface area (TPSA) is 94.3 Å². The second-order valence-electron chi connectivity index (χ2n) is 9.37. The highest BCUT2D eigenvalue weighted by atomic mass is 16.5. The van der Waals surface area contributed by atoms with Crippen molar-refractivity contribution in [2.24, 2.45) is 0 Å². The molecule has 1 aliphatic rings. The minimum absolute atomic E-state index is 0.0991. The average molecular weight is 499 g/mol. The molecule has 0 bridgehead atoms. The maximum absolute atomic E-state index is 14.0. The van der Waals surface area contributed by atoms with Crippen LogP contribution in [-0.4, -0.2) is 49.0 Å². The molecular formula is C28H30N6O3. The first-order chi connectivity index (χ1) is 18.0. The fourth-order valence-electron chi connectivity index (χ4n) is 4.78. The lowest BCUT2D eigenvalue weighted by Gasteiger charge is -2.32. The molecule has 5 rings (SSSR count). The molecule has 4 aromatic rings. The number of benzene rings is 2. The number of aromatic nitrogens is 4. The molecule has 1 amide bonds. The molecule has 190 valence electrons. The number of anilines is 1. The summed E-state index contributed by atoms with van der Waals surface area (Å²) >= 11 is 0. The zero-order valence-electron chi connectivity index (χ0n) is 21.0. The van der Waals surface area contributed by atoms with Crippen LogP contribution in [0.4, 0.5) is 5.82 Å². The molecule has 0 aliphatic carbocycles. The molecule has 9 nitrogen and oxygen atoms in total. The average Bonchev–Trinajstić information content (AvgIpc) is 3.21. The molecule has 2 aromatic heterocycles. The lowest BCUT2D eigenvalue weighted by molar-refractivity contribution is -0.127. The van der Waals surface area contributed by atoms with Crippen LogP contribution in [0.15, 0.2) is 78.4 Å². The number of carbonyl (C=O) groups excluding carboxylic acids is 1. The van der Waals surface area contributed by atoms with E-state index in [-0.39, 0.29) is 23.7 Å². The summed E-state index contributed by atoms with van der Waals surface area (Å²) in [6.45, 7) is 8.72. The Morgan fingerprint density at radius 1 is 1.11 bits per heavy atom. The third-order valence-corrected chi connectivity index (χ3v) is 6.40. The van der Waals surface area contributed by atoms with Crippen LogP contribution in [0, 0.1) is 0 Å². The first-order valence-corrected chi connectivity index (χ1v) is 12.5. The Bertz CT molecular complexity index is 1470. The van der Waals surface area contributed by atoms with Gasteiger partial charge in [0.2, 0.25) is 5.91 Å². The molecule has 0 spiro atoms. The van der Waals surface area contributed by atoms with E-state index < -0.39 is 0 Å². The van der Waals surface area contributed by atoms with E-state index in [9.17, 15) is 9.59 Å². The van der Waals surface area contributed by atoms with Crippen molar-refractivity contribution >= 4 is 22.9 Å². The van der Waals surface area contributed by atoms with Crippen molar-refractivity contribution in [1.82, 2.24) is 24.0 Å². The number of ether oxygens (including phenoxy) is 1. The molecule has 1 N–H and O–H groups in total. The van der Waals surface area contributed by atoms with E-state index in [2.05, 4.69) is 21.9 Å². The van der Waals surface area contributed by atoms with Gasteiger partial charge in [0.1, 0.15) is 23.3 Å². The number of piperidine rings is 1. The molecule has 2 aromatic carbocycles. The SMILES string of the molecule is C=CC(=O)N1CCC[C@H](n2c(=O)n(-c3ccc(Oc4ccccc4)cc3)c3c(NC(C)C)ncnc32)C1. The van der Waals surface area contributed by atoms with Gasteiger partial charge in [-0.2, -0.15) is 0 Å². The van der Waals surface area contributed by atoms with Gasteiger partial charge < -0.3 is 15.0 Å². The number of hydrogen-bond acceptors (Lipinski definition) is 6. The molecule has 1 fully saturated rings. The van der Waals surface area contributed by atoms with Gasteiger partial charge in [0.05, 0.1) is 11.7 Å². The van der Waals surface area contributed by atoms with Crippen LogP contribution >= 0.6 is 0 Å². The quantitative estimate of drug-likeness (QED) is 0.376. The molecule has 37 heavy (non-hydrogen) atoms. The largest absolute Gasteiger partial charge is 0.457 e. The first-order valence-electron chi connectivity index (χ1n) is 12.5.